The van der Waals surface area contributed by atoms with Gasteiger partial charge in [-0.2, -0.15) is 0 Å². The first kappa shape index (κ1) is 18.4. The van der Waals surface area contributed by atoms with E-state index in [0.717, 1.165) is 30.0 Å². The monoisotopic (exact) mass is 353 g/mol. The molecule has 1 saturated heterocycles. The second-order valence-corrected chi connectivity index (χ2v) is 7.73. The Bertz CT molecular complexity index is 745. The largest absolute Gasteiger partial charge is 0.381 e. The van der Waals surface area contributed by atoms with Gasteiger partial charge in [0.2, 0.25) is 5.91 Å². The van der Waals surface area contributed by atoms with Crippen molar-refractivity contribution in [3.63, 3.8) is 0 Å². The fourth-order valence-corrected chi connectivity index (χ4v) is 3.13. The summed E-state index contributed by atoms with van der Waals surface area (Å²) in [6.45, 7) is 7.89. The molecule has 2 heterocycles. The van der Waals surface area contributed by atoms with Crippen LogP contribution in [0.25, 0.3) is 0 Å². The van der Waals surface area contributed by atoms with E-state index in [1.807, 2.05) is 24.3 Å². The summed E-state index contributed by atoms with van der Waals surface area (Å²) < 4.78 is 5.31. The summed E-state index contributed by atoms with van der Waals surface area (Å²) in [7, 11) is 0. The van der Waals surface area contributed by atoms with E-state index in [2.05, 4.69) is 48.5 Å². The second kappa shape index (κ2) is 7.87. The van der Waals surface area contributed by atoms with Crippen molar-refractivity contribution in [1.29, 1.82) is 0 Å². The van der Waals surface area contributed by atoms with Crippen molar-refractivity contribution in [1.82, 2.24) is 4.98 Å². The van der Waals surface area contributed by atoms with Crippen LogP contribution in [0.5, 0.6) is 0 Å². The summed E-state index contributed by atoms with van der Waals surface area (Å²) in [5, 5.41) is 6.34. The molecule has 5 nitrogen and oxygen atoms in total. The Balaban J connectivity index is 1.66. The van der Waals surface area contributed by atoms with Crippen molar-refractivity contribution >= 4 is 23.1 Å². The van der Waals surface area contributed by atoms with Crippen LogP contribution in [-0.2, 0) is 14.9 Å². The van der Waals surface area contributed by atoms with Gasteiger partial charge in [0.1, 0.15) is 5.82 Å². The molecule has 26 heavy (non-hydrogen) atoms. The lowest BCUT2D eigenvalue weighted by Crippen LogP contribution is -2.28. The summed E-state index contributed by atoms with van der Waals surface area (Å²) >= 11 is 0. The first-order valence-corrected chi connectivity index (χ1v) is 9.15. The Morgan fingerprint density at radius 1 is 1.12 bits per heavy atom. The van der Waals surface area contributed by atoms with Gasteiger partial charge >= 0.3 is 0 Å². The minimum absolute atomic E-state index is 0.0280. The number of anilines is 3. The molecule has 138 valence electrons. The minimum atomic E-state index is 0.0280. The van der Waals surface area contributed by atoms with Crippen LogP contribution in [0.2, 0.25) is 0 Å². The minimum Gasteiger partial charge on any atom is -0.381 e. The quantitative estimate of drug-likeness (QED) is 0.850. The van der Waals surface area contributed by atoms with Crippen LogP contribution in [0, 0.1) is 5.92 Å². The molecule has 1 aliphatic heterocycles. The number of carbonyl (C=O) groups is 1. The van der Waals surface area contributed by atoms with Crippen molar-refractivity contribution in [2.45, 2.75) is 39.0 Å². The first-order valence-electron chi connectivity index (χ1n) is 9.15. The van der Waals surface area contributed by atoms with Gasteiger partial charge < -0.3 is 15.4 Å². The maximum Gasteiger partial charge on any atom is 0.227 e. The highest BCUT2D eigenvalue weighted by Gasteiger charge is 2.21. The van der Waals surface area contributed by atoms with E-state index in [1.54, 1.807) is 6.20 Å². The third-order valence-corrected chi connectivity index (χ3v) is 4.62. The number of nitrogens with zero attached hydrogens (tertiary/aromatic N) is 1. The van der Waals surface area contributed by atoms with E-state index >= 15 is 0 Å². The fraction of sp³-hybridized carbons (Fsp3) is 0.429. The number of nitrogens with one attached hydrogen (secondary N) is 2. The van der Waals surface area contributed by atoms with E-state index in [0.29, 0.717) is 13.2 Å². The van der Waals surface area contributed by atoms with E-state index < -0.39 is 0 Å². The Labute approximate surface area is 155 Å². The van der Waals surface area contributed by atoms with E-state index in [4.69, 9.17) is 4.74 Å². The van der Waals surface area contributed by atoms with E-state index in [1.165, 1.54) is 5.56 Å². The topological polar surface area (TPSA) is 63.2 Å². The summed E-state index contributed by atoms with van der Waals surface area (Å²) in [6.07, 6.45) is 3.25. The number of pyridine rings is 1. The van der Waals surface area contributed by atoms with Gasteiger partial charge in [-0.25, -0.2) is 4.98 Å². The third kappa shape index (κ3) is 4.61. The van der Waals surface area contributed by atoms with Gasteiger partial charge in [0, 0.05) is 24.8 Å². The number of carbonyl (C=O) groups excluding carboxylic acids is 1. The molecule has 0 unspecified atom stereocenters. The zero-order valence-electron chi connectivity index (χ0n) is 15.7. The van der Waals surface area contributed by atoms with Gasteiger partial charge in [0.15, 0.2) is 0 Å². The smallest absolute Gasteiger partial charge is 0.227 e. The van der Waals surface area contributed by atoms with Crippen molar-refractivity contribution in [2.24, 2.45) is 5.92 Å². The van der Waals surface area contributed by atoms with Gasteiger partial charge in [0.25, 0.3) is 0 Å². The van der Waals surface area contributed by atoms with Crippen LogP contribution >= 0.6 is 0 Å². The van der Waals surface area contributed by atoms with Gasteiger partial charge in [-0.15, -0.1) is 0 Å². The molecule has 1 aliphatic rings. The molecule has 3 rings (SSSR count). The molecule has 0 atom stereocenters. The highest BCUT2D eigenvalue weighted by Crippen LogP contribution is 2.31. The van der Waals surface area contributed by atoms with Gasteiger partial charge in [0.05, 0.1) is 11.9 Å². The zero-order chi connectivity index (χ0) is 18.6. The lowest BCUT2D eigenvalue weighted by molar-refractivity contribution is -0.122. The van der Waals surface area contributed by atoms with Gasteiger partial charge in [-0.3, -0.25) is 4.79 Å². The number of rotatable bonds is 4. The normalized spacial score (nSPS) is 15.5. The SMILES string of the molecule is CC(C)(C)c1ccccc1Nc1ccc(NC(=O)C2CCOCC2)cn1. The molecular formula is C21H27N3O2. The molecule has 1 aromatic carbocycles. The molecular weight excluding hydrogens is 326 g/mol. The highest BCUT2D eigenvalue weighted by atomic mass is 16.5. The van der Waals surface area contributed by atoms with Crippen LogP contribution in [0.1, 0.15) is 39.2 Å². The maximum atomic E-state index is 12.3. The van der Waals surface area contributed by atoms with Crippen molar-refractivity contribution in [3.05, 3.63) is 48.2 Å². The van der Waals surface area contributed by atoms with Crippen LogP contribution in [-0.4, -0.2) is 24.1 Å². The average Bonchev–Trinajstić information content (AvgIpc) is 2.63. The number of benzene rings is 1. The van der Waals surface area contributed by atoms with Crippen LogP contribution < -0.4 is 10.6 Å². The molecule has 1 fully saturated rings. The number of hydrogen-bond acceptors (Lipinski definition) is 4. The Hall–Kier alpha value is -2.40. The Kier molecular flexibility index (Phi) is 5.57. The molecule has 0 aliphatic carbocycles. The fourth-order valence-electron chi connectivity index (χ4n) is 3.13. The van der Waals surface area contributed by atoms with E-state index in [-0.39, 0.29) is 17.2 Å². The Morgan fingerprint density at radius 3 is 2.50 bits per heavy atom. The van der Waals surface area contributed by atoms with Crippen LogP contribution in [0.15, 0.2) is 42.6 Å². The predicted molar refractivity (Wildman–Crippen MR) is 105 cm³/mol. The Morgan fingerprint density at radius 2 is 1.85 bits per heavy atom. The molecule has 0 bridgehead atoms. The second-order valence-electron chi connectivity index (χ2n) is 7.73. The predicted octanol–water partition coefficient (Wildman–Crippen LogP) is 4.49. The number of para-hydroxylation sites is 1. The summed E-state index contributed by atoms with van der Waals surface area (Å²) in [5.74, 6) is 0.833. The zero-order valence-corrected chi connectivity index (χ0v) is 15.7. The highest BCUT2D eigenvalue weighted by molar-refractivity contribution is 5.92. The lowest BCUT2D eigenvalue weighted by Gasteiger charge is -2.23. The molecule has 1 amide bonds. The van der Waals surface area contributed by atoms with Crippen molar-refractivity contribution in [2.75, 3.05) is 23.8 Å². The molecule has 2 N–H and O–H groups in total. The number of aromatic nitrogens is 1. The molecule has 0 saturated carbocycles. The van der Waals surface area contributed by atoms with Crippen molar-refractivity contribution < 1.29 is 9.53 Å². The number of hydrogen-bond donors (Lipinski definition) is 2. The number of amides is 1. The lowest BCUT2D eigenvalue weighted by atomic mass is 9.86. The van der Waals surface area contributed by atoms with Crippen LogP contribution in [0.3, 0.4) is 0 Å². The van der Waals surface area contributed by atoms with Crippen LogP contribution in [0.4, 0.5) is 17.2 Å². The van der Waals surface area contributed by atoms with Gasteiger partial charge in [-0.1, -0.05) is 39.0 Å². The average molecular weight is 353 g/mol. The molecule has 2 aromatic rings. The number of ether oxygens (including phenoxy) is 1. The van der Waals surface area contributed by atoms with E-state index in [9.17, 15) is 4.79 Å². The molecule has 0 radical (unpaired) electrons. The third-order valence-electron chi connectivity index (χ3n) is 4.62. The summed E-state index contributed by atoms with van der Waals surface area (Å²) in [6, 6.07) is 12.0. The molecule has 1 aromatic heterocycles. The molecule has 5 heteroatoms. The first-order chi connectivity index (χ1) is 12.4. The maximum absolute atomic E-state index is 12.3. The standard InChI is InChI=1S/C21H27N3O2/c1-21(2,3)17-6-4-5-7-18(17)24-19-9-8-16(14-22-19)23-20(25)15-10-12-26-13-11-15/h4-9,14-15H,10-13H2,1-3H3,(H,22,24)(H,23,25). The summed E-state index contributed by atoms with van der Waals surface area (Å²) in [5.41, 5.74) is 3.04. The van der Waals surface area contributed by atoms with Gasteiger partial charge in [-0.05, 0) is 42.0 Å². The van der Waals surface area contributed by atoms with Crippen molar-refractivity contribution in [3.8, 4) is 0 Å². The summed E-state index contributed by atoms with van der Waals surface area (Å²) in [4.78, 5) is 16.7. The molecule has 0 spiro atoms.